The quantitative estimate of drug-likeness (QED) is 0.196. The number of hydrogen-bond acceptors (Lipinski definition) is 4. The fourth-order valence-corrected chi connectivity index (χ4v) is 3.98. The molecule has 0 amide bonds. The molecule has 0 N–H and O–H groups in total. The van der Waals surface area contributed by atoms with E-state index in [1.165, 1.54) is 12.1 Å². The minimum Gasteiger partial charge on any atom is -0.268 e. The predicted octanol–water partition coefficient (Wildman–Crippen LogP) is 5.69. The average molecular weight is 523 g/mol. The third-order valence-corrected chi connectivity index (χ3v) is 5.63. The highest BCUT2D eigenvalue weighted by molar-refractivity contribution is 14.1. The van der Waals surface area contributed by atoms with Crippen LogP contribution in [-0.2, 0) is 0 Å². The average Bonchev–Trinajstić information content (AvgIpc) is 2.74. The summed E-state index contributed by atoms with van der Waals surface area (Å²) < 4.78 is 2.55. The number of aryl methyl sites for hydroxylation is 2. The lowest BCUT2D eigenvalue weighted by Gasteiger charge is -2.14. The second-order valence-corrected chi connectivity index (χ2v) is 8.49. The van der Waals surface area contributed by atoms with Crippen molar-refractivity contribution < 1.29 is 4.92 Å². The summed E-state index contributed by atoms with van der Waals surface area (Å²) in [7, 11) is 0. The molecule has 0 saturated heterocycles. The van der Waals surface area contributed by atoms with E-state index in [2.05, 4.69) is 22.6 Å². The lowest BCUT2D eigenvalue weighted by molar-refractivity contribution is -0.384. The SMILES string of the molecule is Cc1ccc(-n2c(/C=C/c3cccc([N+](=O)[O-])c3)nc3ccc(I)cc3c2=O)c(C)c1. The van der Waals surface area contributed by atoms with Crippen molar-refractivity contribution in [2.24, 2.45) is 0 Å². The van der Waals surface area contributed by atoms with Crippen molar-refractivity contribution >= 4 is 51.3 Å². The highest BCUT2D eigenvalue weighted by Crippen LogP contribution is 2.21. The van der Waals surface area contributed by atoms with Gasteiger partial charge in [0, 0.05) is 15.7 Å². The first-order chi connectivity index (χ1) is 14.8. The van der Waals surface area contributed by atoms with Gasteiger partial charge in [0.15, 0.2) is 0 Å². The molecule has 0 atom stereocenters. The van der Waals surface area contributed by atoms with E-state index in [0.29, 0.717) is 22.3 Å². The molecule has 3 aromatic carbocycles. The van der Waals surface area contributed by atoms with Crippen LogP contribution in [0.5, 0.6) is 0 Å². The summed E-state index contributed by atoms with van der Waals surface area (Å²) in [5, 5.41) is 11.6. The van der Waals surface area contributed by atoms with Gasteiger partial charge in [-0.2, -0.15) is 0 Å². The second-order valence-electron chi connectivity index (χ2n) is 7.25. The molecule has 6 nitrogen and oxygen atoms in total. The molecule has 7 heteroatoms. The number of nitro groups is 1. The number of nitrogens with zero attached hydrogens (tertiary/aromatic N) is 3. The van der Waals surface area contributed by atoms with Gasteiger partial charge in [-0.05, 0) is 77.9 Å². The first-order valence-electron chi connectivity index (χ1n) is 9.56. The maximum atomic E-state index is 13.5. The first kappa shape index (κ1) is 20.9. The summed E-state index contributed by atoms with van der Waals surface area (Å²) in [6.45, 7) is 3.96. The summed E-state index contributed by atoms with van der Waals surface area (Å²) in [6.07, 6.45) is 3.45. The number of benzene rings is 3. The van der Waals surface area contributed by atoms with Gasteiger partial charge >= 0.3 is 0 Å². The van der Waals surface area contributed by atoms with Crippen LogP contribution in [0.1, 0.15) is 22.5 Å². The molecule has 0 unspecified atom stereocenters. The second kappa shape index (κ2) is 8.43. The Morgan fingerprint density at radius 1 is 1.03 bits per heavy atom. The molecule has 0 fully saturated rings. The summed E-state index contributed by atoms with van der Waals surface area (Å²) in [5.41, 5.74) is 3.92. The number of halogens is 1. The number of fused-ring (bicyclic) bond motifs is 1. The van der Waals surface area contributed by atoms with E-state index < -0.39 is 4.92 Å². The molecule has 0 bridgehead atoms. The van der Waals surface area contributed by atoms with Crippen molar-refractivity contribution in [1.29, 1.82) is 0 Å². The molecule has 0 aliphatic heterocycles. The molecule has 0 aliphatic carbocycles. The van der Waals surface area contributed by atoms with Crippen molar-refractivity contribution in [3.8, 4) is 5.69 Å². The van der Waals surface area contributed by atoms with Gasteiger partial charge in [0.25, 0.3) is 11.2 Å². The van der Waals surface area contributed by atoms with Crippen LogP contribution in [0.2, 0.25) is 0 Å². The molecule has 4 rings (SSSR count). The van der Waals surface area contributed by atoms with Crippen molar-refractivity contribution in [3.63, 3.8) is 0 Å². The van der Waals surface area contributed by atoms with Gasteiger partial charge in [-0.3, -0.25) is 19.5 Å². The van der Waals surface area contributed by atoms with E-state index in [0.717, 1.165) is 20.4 Å². The van der Waals surface area contributed by atoms with Crippen LogP contribution >= 0.6 is 22.6 Å². The highest BCUT2D eigenvalue weighted by Gasteiger charge is 2.14. The zero-order chi connectivity index (χ0) is 22.1. The summed E-state index contributed by atoms with van der Waals surface area (Å²) in [5.74, 6) is 0.456. The Labute approximate surface area is 192 Å². The Morgan fingerprint density at radius 2 is 1.84 bits per heavy atom. The normalized spacial score (nSPS) is 11.3. The largest absolute Gasteiger partial charge is 0.270 e. The molecule has 31 heavy (non-hydrogen) atoms. The van der Waals surface area contributed by atoms with E-state index in [1.54, 1.807) is 28.9 Å². The van der Waals surface area contributed by atoms with Crippen molar-refractivity contribution in [2.75, 3.05) is 0 Å². The number of aromatic nitrogens is 2. The van der Waals surface area contributed by atoms with Gasteiger partial charge in [-0.25, -0.2) is 4.98 Å². The van der Waals surface area contributed by atoms with Crippen LogP contribution in [0.25, 0.3) is 28.7 Å². The molecule has 154 valence electrons. The third-order valence-electron chi connectivity index (χ3n) is 4.96. The molecule has 1 heterocycles. The summed E-state index contributed by atoms with van der Waals surface area (Å²) in [4.78, 5) is 28.9. The smallest absolute Gasteiger partial charge is 0.268 e. The number of rotatable bonds is 4. The van der Waals surface area contributed by atoms with Crippen LogP contribution in [-0.4, -0.2) is 14.5 Å². The Balaban J connectivity index is 1.95. The molecule has 0 saturated carbocycles. The van der Waals surface area contributed by atoms with E-state index in [4.69, 9.17) is 4.98 Å². The zero-order valence-corrected chi connectivity index (χ0v) is 19.0. The van der Waals surface area contributed by atoms with E-state index in [1.807, 2.05) is 50.2 Å². The maximum absolute atomic E-state index is 13.5. The molecule has 0 spiro atoms. The molecule has 4 aromatic rings. The van der Waals surface area contributed by atoms with E-state index in [9.17, 15) is 14.9 Å². The molecule has 0 aliphatic rings. The van der Waals surface area contributed by atoms with E-state index in [-0.39, 0.29) is 11.2 Å². The molecule has 0 radical (unpaired) electrons. The van der Waals surface area contributed by atoms with Gasteiger partial charge in [-0.15, -0.1) is 0 Å². The third kappa shape index (κ3) is 4.27. The van der Waals surface area contributed by atoms with Gasteiger partial charge in [-0.1, -0.05) is 35.9 Å². The topological polar surface area (TPSA) is 78.0 Å². The number of hydrogen-bond donors (Lipinski definition) is 0. The Hall–Kier alpha value is -3.33. The van der Waals surface area contributed by atoms with Crippen LogP contribution in [0.4, 0.5) is 5.69 Å². The summed E-state index contributed by atoms with van der Waals surface area (Å²) in [6, 6.07) is 17.8. The van der Waals surface area contributed by atoms with Gasteiger partial charge in [0.05, 0.1) is 21.5 Å². The Morgan fingerprint density at radius 3 is 2.58 bits per heavy atom. The van der Waals surface area contributed by atoms with E-state index >= 15 is 0 Å². The minimum absolute atomic E-state index is 0.00923. The first-order valence-corrected chi connectivity index (χ1v) is 10.6. The van der Waals surface area contributed by atoms with Crippen LogP contribution in [0.15, 0.2) is 65.5 Å². The highest BCUT2D eigenvalue weighted by atomic mass is 127. The van der Waals surface area contributed by atoms with Crippen LogP contribution in [0, 0.1) is 27.5 Å². The van der Waals surface area contributed by atoms with Crippen molar-refractivity contribution in [3.05, 3.63) is 107 Å². The van der Waals surface area contributed by atoms with Gasteiger partial charge in [0.2, 0.25) is 0 Å². The van der Waals surface area contributed by atoms with Gasteiger partial charge in [0.1, 0.15) is 5.82 Å². The molecular weight excluding hydrogens is 505 g/mol. The van der Waals surface area contributed by atoms with Gasteiger partial charge < -0.3 is 0 Å². The van der Waals surface area contributed by atoms with Crippen molar-refractivity contribution in [1.82, 2.24) is 9.55 Å². The zero-order valence-electron chi connectivity index (χ0n) is 16.9. The lowest BCUT2D eigenvalue weighted by atomic mass is 10.1. The van der Waals surface area contributed by atoms with Crippen LogP contribution in [0.3, 0.4) is 0 Å². The summed E-state index contributed by atoms with van der Waals surface area (Å²) >= 11 is 2.18. The standard InChI is InChI=1S/C24H18IN3O3/c1-15-6-10-22(16(2)12-15)27-23(11-7-17-4-3-5-19(13-17)28(30)31)26-21-9-8-18(25)14-20(21)24(27)29/h3-14H,1-2H3/b11-7+. The number of non-ortho nitro benzene ring substituents is 1. The van der Waals surface area contributed by atoms with Crippen molar-refractivity contribution in [2.45, 2.75) is 13.8 Å². The number of nitro benzene ring substituents is 1. The molecule has 1 aromatic heterocycles. The predicted molar refractivity (Wildman–Crippen MR) is 132 cm³/mol. The Bertz CT molecular complexity index is 1420. The Kier molecular flexibility index (Phi) is 5.69. The minimum atomic E-state index is -0.432. The molecular formula is C24H18IN3O3. The lowest BCUT2D eigenvalue weighted by Crippen LogP contribution is -2.23. The fraction of sp³-hybridized carbons (Fsp3) is 0.0833. The maximum Gasteiger partial charge on any atom is 0.270 e. The fourth-order valence-electron chi connectivity index (χ4n) is 3.49. The van der Waals surface area contributed by atoms with Crippen LogP contribution < -0.4 is 5.56 Å². The monoisotopic (exact) mass is 523 g/mol.